The fourth-order valence-electron chi connectivity index (χ4n) is 2.90. The molecule has 1 amide bonds. The standard InChI is InChI=1S/C16H18FN3O2/c1-10-5-6-13(17)12-4-3-7-20(16(10)12)9-15(21)18-14-8-11(2)22-19-14/h5-6,8H,3-4,7,9H2,1-2H3,(H,18,19,21). The van der Waals surface area contributed by atoms with Crippen LogP contribution in [-0.2, 0) is 11.2 Å². The molecule has 0 atom stereocenters. The van der Waals surface area contributed by atoms with Gasteiger partial charge in [-0.15, -0.1) is 0 Å². The second-order valence-electron chi connectivity index (χ2n) is 5.59. The first kappa shape index (κ1) is 14.6. The zero-order valence-corrected chi connectivity index (χ0v) is 12.6. The van der Waals surface area contributed by atoms with Gasteiger partial charge in [0.1, 0.15) is 11.6 Å². The van der Waals surface area contributed by atoms with Crippen molar-refractivity contribution in [2.24, 2.45) is 0 Å². The first-order valence-electron chi connectivity index (χ1n) is 7.30. The van der Waals surface area contributed by atoms with E-state index in [1.54, 1.807) is 19.1 Å². The van der Waals surface area contributed by atoms with Gasteiger partial charge in [-0.25, -0.2) is 4.39 Å². The van der Waals surface area contributed by atoms with Crippen LogP contribution in [0.25, 0.3) is 0 Å². The molecule has 0 aliphatic carbocycles. The molecule has 3 rings (SSSR count). The van der Waals surface area contributed by atoms with E-state index < -0.39 is 0 Å². The number of hydrogen-bond donors (Lipinski definition) is 1. The van der Waals surface area contributed by atoms with Crippen LogP contribution in [0.4, 0.5) is 15.9 Å². The highest BCUT2D eigenvalue weighted by Gasteiger charge is 2.23. The highest BCUT2D eigenvalue weighted by Crippen LogP contribution is 2.32. The number of carbonyl (C=O) groups excluding carboxylic acids is 1. The first-order valence-corrected chi connectivity index (χ1v) is 7.30. The topological polar surface area (TPSA) is 58.4 Å². The Hall–Kier alpha value is -2.37. The number of benzene rings is 1. The number of aromatic nitrogens is 1. The molecule has 0 spiro atoms. The predicted molar refractivity (Wildman–Crippen MR) is 81.5 cm³/mol. The molecule has 22 heavy (non-hydrogen) atoms. The molecular weight excluding hydrogens is 285 g/mol. The summed E-state index contributed by atoms with van der Waals surface area (Å²) in [5.74, 6) is 0.648. The Morgan fingerprint density at radius 3 is 3.00 bits per heavy atom. The highest BCUT2D eigenvalue weighted by molar-refractivity contribution is 5.93. The quantitative estimate of drug-likeness (QED) is 0.947. The Balaban J connectivity index is 1.77. The number of amides is 1. The largest absolute Gasteiger partial charge is 0.362 e. The predicted octanol–water partition coefficient (Wildman–Crippen LogP) is 2.82. The van der Waals surface area contributed by atoms with Crippen molar-refractivity contribution in [1.82, 2.24) is 5.16 Å². The minimum absolute atomic E-state index is 0.170. The Morgan fingerprint density at radius 1 is 1.45 bits per heavy atom. The van der Waals surface area contributed by atoms with Crippen LogP contribution in [0.2, 0.25) is 0 Å². The molecule has 0 saturated heterocycles. The summed E-state index contributed by atoms with van der Waals surface area (Å²) in [6.07, 6.45) is 1.55. The molecule has 1 aliphatic rings. The number of nitrogens with one attached hydrogen (secondary N) is 1. The van der Waals surface area contributed by atoms with Gasteiger partial charge in [-0.3, -0.25) is 4.79 Å². The van der Waals surface area contributed by atoms with Crippen molar-refractivity contribution in [3.63, 3.8) is 0 Å². The molecule has 0 unspecified atom stereocenters. The lowest BCUT2D eigenvalue weighted by Crippen LogP contribution is -2.37. The second-order valence-corrected chi connectivity index (χ2v) is 5.59. The summed E-state index contributed by atoms with van der Waals surface area (Å²) in [4.78, 5) is 14.1. The number of hydrogen-bond acceptors (Lipinski definition) is 4. The van der Waals surface area contributed by atoms with Crippen LogP contribution in [0.1, 0.15) is 23.3 Å². The lowest BCUT2D eigenvalue weighted by molar-refractivity contribution is -0.115. The average Bonchev–Trinajstić information content (AvgIpc) is 2.88. The third kappa shape index (κ3) is 2.81. The molecule has 6 heteroatoms. The molecule has 0 fully saturated rings. The zero-order valence-electron chi connectivity index (χ0n) is 12.6. The molecule has 0 bridgehead atoms. The summed E-state index contributed by atoms with van der Waals surface area (Å²) in [6.45, 7) is 4.61. The van der Waals surface area contributed by atoms with Gasteiger partial charge in [0.05, 0.1) is 6.54 Å². The van der Waals surface area contributed by atoms with E-state index in [0.717, 1.165) is 24.2 Å². The molecule has 0 saturated carbocycles. The Morgan fingerprint density at radius 2 is 2.27 bits per heavy atom. The summed E-state index contributed by atoms with van der Waals surface area (Å²) < 4.78 is 18.9. The number of carbonyl (C=O) groups is 1. The maximum atomic E-state index is 14.0. The van der Waals surface area contributed by atoms with E-state index >= 15 is 0 Å². The summed E-state index contributed by atoms with van der Waals surface area (Å²) in [5, 5.41) is 6.44. The van der Waals surface area contributed by atoms with Crippen LogP contribution < -0.4 is 10.2 Å². The zero-order chi connectivity index (χ0) is 15.7. The number of halogens is 1. The normalized spacial score (nSPS) is 13.9. The molecular formula is C16H18FN3O2. The van der Waals surface area contributed by atoms with E-state index in [9.17, 15) is 9.18 Å². The fraction of sp³-hybridized carbons (Fsp3) is 0.375. The lowest BCUT2D eigenvalue weighted by atomic mass is 9.97. The molecule has 1 aromatic carbocycles. The van der Waals surface area contributed by atoms with Crippen LogP contribution in [0.3, 0.4) is 0 Å². The smallest absolute Gasteiger partial charge is 0.245 e. The van der Waals surface area contributed by atoms with Crippen LogP contribution in [0.5, 0.6) is 0 Å². The number of rotatable bonds is 3. The molecule has 2 heterocycles. The minimum Gasteiger partial charge on any atom is -0.362 e. The highest BCUT2D eigenvalue weighted by atomic mass is 19.1. The van der Waals surface area contributed by atoms with Gasteiger partial charge in [0, 0.05) is 23.9 Å². The third-order valence-electron chi connectivity index (χ3n) is 3.83. The van der Waals surface area contributed by atoms with E-state index in [1.807, 2.05) is 11.8 Å². The summed E-state index contributed by atoms with van der Waals surface area (Å²) in [7, 11) is 0. The van der Waals surface area contributed by atoms with Crippen LogP contribution in [0, 0.1) is 19.7 Å². The summed E-state index contributed by atoms with van der Waals surface area (Å²) in [6, 6.07) is 4.91. The van der Waals surface area contributed by atoms with Crippen molar-refractivity contribution in [1.29, 1.82) is 0 Å². The maximum absolute atomic E-state index is 14.0. The Kier molecular flexibility index (Phi) is 3.83. The van der Waals surface area contributed by atoms with Crippen molar-refractivity contribution >= 4 is 17.4 Å². The van der Waals surface area contributed by atoms with Crippen molar-refractivity contribution in [2.75, 3.05) is 23.3 Å². The number of fused-ring (bicyclic) bond motifs is 1. The SMILES string of the molecule is Cc1cc(NC(=O)CN2CCCc3c(F)ccc(C)c32)no1. The molecule has 1 aliphatic heterocycles. The van der Waals surface area contributed by atoms with E-state index in [-0.39, 0.29) is 18.3 Å². The van der Waals surface area contributed by atoms with E-state index in [1.165, 1.54) is 6.07 Å². The summed E-state index contributed by atoms with van der Waals surface area (Å²) in [5.41, 5.74) is 2.54. The molecule has 1 N–H and O–H groups in total. The molecule has 2 aromatic rings. The van der Waals surface area contributed by atoms with Gasteiger partial charge in [0.15, 0.2) is 5.82 Å². The molecule has 5 nitrogen and oxygen atoms in total. The molecule has 116 valence electrons. The monoisotopic (exact) mass is 303 g/mol. The third-order valence-corrected chi connectivity index (χ3v) is 3.83. The van der Waals surface area contributed by atoms with Gasteiger partial charge in [-0.05, 0) is 38.3 Å². The van der Waals surface area contributed by atoms with Crippen molar-refractivity contribution in [3.8, 4) is 0 Å². The van der Waals surface area contributed by atoms with Gasteiger partial charge < -0.3 is 14.7 Å². The van der Waals surface area contributed by atoms with Gasteiger partial charge in [0.2, 0.25) is 5.91 Å². The van der Waals surface area contributed by atoms with Crippen molar-refractivity contribution in [3.05, 3.63) is 40.9 Å². The number of nitrogens with zero attached hydrogens (tertiary/aromatic N) is 2. The average molecular weight is 303 g/mol. The lowest BCUT2D eigenvalue weighted by Gasteiger charge is -2.32. The maximum Gasteiger partial charge on any atom is 0.245 e. The summed E-state index contributed by atoms with van der Waals surface area (Å²) >= 11 is 0. The Bertz CT molecular complexity index is 711. The van der Waals surface area contributed by atoms with E-state index in [4.69, 9.17) is 4.52 Å². The first-order chi connectivity index (χ1) is 10.5. The van der Waals surface area contributed by atoms with E-state index in [0.29, 0.717) is 23.6 Å². The van der Waals surface area contributed by atoms with Crippen LogP contribution in [0.15, 0.2) is 22.7 Å². The van der Waals surface area contributed by atoms with Gasteiger partial charge in [-0.2, -0.15) is 0 Å². The minimum atomic E-state index is -0.196. The van der Waals surface area contributed by atoms with Crippen molar-refractivity contribution < 1.29 is 13.7 Å². The van der Waals surface area contributed by atoms with E-state index in [2.05, 4.69) is 10.5 Å². The van der Waals surface area contributed by atoms with Crippen molar-refractivity contribution in [2.45, 2.75) is 26.7 Å². The molecule has 1 aromatic heterocycles. The fourth-order valence-corrected chi connectivity index (χ4v) is 2.90. The number of anilines is 2. The number of aryl methyl sites for hydroxylation is 2. The van der Waals surface area contributed by atoms with Crippen LogP contribution in [-0.4, -0.2) is 24.2 Å². The molecule has 0 radical (unpaired) electrons. The van der Waals surface area contributed by atoms with Gasteiger partial charge in [0.25, 0.3) is 0 Å². The van der Waals surface area contributed by atoms with Crippen LogP contribution >= 0.6 is 0 Å². The van der Waals surface area contributed by atoms with Gasteiger partial charge in [-0.1, -0.05) is 11.2 Å². The Labute approximate surface area is 128 Å². The van der Waals surface area contributed by atoms with Gasteiger partial charge >= 0.3 is 0 Å². The second kappa shape index (κ2) is 5.79.